The van der Waals surface area contributed by atoms with Gasteiger partial charge in [0.05, 0.1) is 5.56 Å². The molecule has 2 aromatic rings. The third-order valence-corrected chi connectivity index (χ3v) is 3.47. The molecule has 2 N–H and O–H groups in total. The molecule has 1 atom stereocenters. The first kappa shape index (κ1) is 14.5. The predicted molar refractivity (Wildman–Crippen MR) is 68.7 cm³/mol. The number of rotatable bonds is 4. The largest absolute Gasteiger partial charge is 0.573 e. The monoisotopic (exact) mass is 301 g/mol. The number of halogens is 3. The van der Waals surface area contributed by atoms with E-state index in [4.69, 9.17) is 5.73 Å². The molecule has 106 valence electrons. The molecular formula is C13H10F3NO2S. The number of ether oxygens (including phenoxy) is 1. The standard InChI is InChI=1S/C13H10F3NO2S/c14-13(15,16)19-9-5-2-1-4-8(9)12(18)11(17)10-6-3-7-20-10/h1-7,11H,17H2. The number of carbonyl (C=O) groups is 1. The zero-order valence-electron chi connectivity index (χ0n) is 10.1. The van der Waals surface area contributed by atoms with Gasteiger partial charge in [-0.25, -0.2) is 0 Å². The lowest BCUT2D eigenvalue weighted by molar-refractivity contribution is -0.274. The maximum atomic E-state index is 12.3. The van der Waals surface area contributed by atoms with Crippen LogP contribution in [0.2, 0.25) is 0 Å². The highest BCUT2D eigenvalue weighted by Gasteiger charge is 2.33. The van der Waals surface area contributed by atoms with Crippen molar-refractivity contribution in [1.29, 1.82) is 0 Å². The second kappa shape index (κ2) is 5.64. The number of hydrogen-bond acceptors (Lipinski definition) is 4. The minimum Gasteiger partial charge on any atom is -0.405 e. The Labute approximate surface area is 116 Å². The van der Waals surface area contributed by atoms with E-state index < -0.39 is 23.9 Å². The average molecular weight is 301 g/mol. The van der Waals surface area contributed by atoms with E-state index in [0.29, 0.717) is 4.88 Å². The summed E-state index contributed by atoms with van der Waals surface area (Å²) >= 11 is 1.26. The first-order valence-electron chi connectivity index (χ1n) is 5.56. The molecule has 7 heteroatoms. The molecule has 0 saturated heterocycles. The number of carbonyl (C=O) groups excluding carboxylic acids is 1. The van der Waals surface area contributed by atoms with Crippen LogP contribution < -0.4 is 10.5 Å². The topological polar surface area (TPSA) is 52.3 Å². The van der Waals surface area contributed by atoms with Crippen LogP contribution >= 0.6 is 11.3 Å². The molecule has 0 fully saturated rings. The van der Waals surface area contributed by atoms with Crippen molar-refractivity contribution in [2.75, 3.05) is 0 Å². The van der Waals surface area contributed by atoms with Crippen molar-refractivity contribution >= 4 is 17.1 Å². The van der Waals surface area contributed by atoms with E-state index in [1.54, 1.807) is 17.5 Å². The Morgan fingerprint density at radius 3 is 2.50 bits per heavy atom. The van der Waals surface area contributed by atoms with Crippen LogP contribution in [0.15, 0.2) is 41.8 Å². The second-order valence-corrected chi connectivity index (χ2v) is 4.88. The summed E-state index contributed by atoms with van der Waals surface area (Å²) in [6, 6.07) is 7.52. The van der Waals surface area contributed by atoms with Gasteiger partial charge in [-0.2, -0.15) is 0 Å². The molecule has 0 radical (unpaired) electrons. The van der Waals surface area contributed by atoms with Gasteiger partial charge in [-0.3, -0.25) is 4.79 Å². The quantitative estimate of drug-likeness (QED) is 0.879. The third-order valence-electron chi connectivity index (χ3n) is 2.51. The van der Waals surface area contributed by atoms with Crippen molar-refractivity contribution in [1.82, 2.24) is 0 Å². The van der Waals surface area contributed by atoms with Crippen LogP contribution in [0, 0.1) is 0 Å². The van der Waals surface area contributed by atoms with Crippen molar-refractivity contribution in [2.24, 2.45) is 5.73 Å². The fourth-order valence-corrected chi connectivity index (χ4v) is 2.37. The molecule has 1 aromatic heterocycles. The lowest BCUT2D eigenvalue weighted by Crippen LogP contribution is -2.23. The summed E-state index contributed by atoms with van der Waals surface area (Å²) in [6.45, 7) is 0. The molecule has 1 heterocycles. The van der Waals surface area contributed by atoms with Crippen LogP contribution in [0.1, 0.15) is 21.3 Å². The maximum absolute atomic E-state index is 12.3. The van der Waals surface area contributed by atoms with Gasteiger partial charge in [-0.1, -0.05) is 18.2 Å². The Bertz CT molecular complexity index is 596. The van der Waals surface area contributed by atoms with E-state index in [-0.39, 0.29) is 5.56 Å². The number of Topliss-reactive ketones (excluding diaryl/α,β-unsaturated/α-hetero) is 1. The van der Waals surface area contributed by atoms with E-state index in [1.165, 1.54) is 29.5 Å². The number of ketones is 1. The van der Waals surface area contributed by atoms with Gasteiger partial charge in [0.25, 0.3) is 0 Å². The summed E-state index contributed by atoms with van der Waals surface area (Å²) < 4.78 is 40.7. The minimum absolute atomic E-state index is 0.189. The minimum atomic E-state index is -4.86. The van der Waals surface area contributed by atoms with Crippen LogP contribution in [0.5, 0.6) is 5.75 Å². The maximum Gasteiger partial charge on any atom is 0.573 e. The van der Waals surface area contributed by atoms with Gasteiger partial charge in [0.2, 0.25) is 0 Å². The summed E-state index contributed by atoms with van der Waals surface area (Å²) in [5.74, 6) is -1.16. The fourth-order valence-electron chi connectivity index (χ4n) is 1.65. The number of thiophene rings is 1. The molecule has 3 nitrogen and oxygen atoms in total. The van der Waals surface area contributed by atoms with Crippen LogP contribution in [0.3, 0.4) is 0 Å². The summed E-state index contributed by atoms with van der Waals surface area (Å²) in [6.07, 6.45) is -4.86. The van der Waals surface area contributed by atoms with Crippen molar-refractivity contribution in [3.63, 3.8) is 0 Å². The Balaban J connectivity index is 2.30. The van der Waals surface area contributed by atoms with Crippen molar-refractivity contribution in [3.05, 3.63) is 52.2 Å². The van der Waals surface area contributed by atoms with E-state index in [0.717, 1.165) is 6.07 Å². The SMILES string of the molecule is NC(C(=O)c1ccccc1OC(F)(F)F)c1cccs1. The Morgan fingerprint density at radius 1 is 1.20 bits per heavy atom. The lowest BCUT2D eigenvalue weighted by atomic mass is 10.0. The number of benzene rings is 1. The first-order chi connectivity index (χ1) is 9.38. The fraction of sp³-hybridized carbons (Fsp3) is 0.154. The molecule has 20 heavy (non-hydrogen) atoms. The molecule has 0 spiro atoms. The van der Waals surface area contributed by atoms with Crippen LogP contribution in [-0.4, -0.2) is 12.1 Å². The molecular weight excluding hydrogens is 291 g/mol. The van der Waals surface area contributed by atoms with Gasteiger partial charge < -0.3 is 10.5 Å². The van der Waals surface area contributed by atoms with E-state index in [9.17, 15) is 18.0 Å². The zero-order valence-corrected chi connectivity index (χ0v) is 10.9. The second-order valence-electron chi connectivity index (χ2n) is 3.90. The highest BCUT2D eigenvalue weighted by atomic mass is 32.1. The molecule has 0 bridgehead atoms. The van der Waals surface area contributed by atoms with Crippen LogP contribution in [0.4, 0.5) is 13.2 Å². The molecule has 0 aliphatic heterocycles. The van der Waals surface area contributed by atoms with Crippen molar-refractivity contribution in [3.8, 4) is 5.75 Å². The zero-order chi connectivity index (χ0) is 14.8. The first-order valence-corrected chi connectivity index (χ1v) is 6.44. The van der Waals surface area contributed by atoms with Gasteiger partial charge in [0.1, 0.15) is 11.8 Å². The predicted octanol–water partition coefficient (Wildman–Crippen LogP) is 3.53. The van der Waals surface area contributed by atoms with Crippen molar-refractivity contribution < 1.29 is 22.7 Å². The van der Waals surface area contributed by atoms with Crippen molar-refractivity contribution in [2.45, 2.75) is 12.4 Å². The normalized spacial score (nSPS) is 13.0. The summed E-state index contributed by atoms with van der Waals surface area (Å²) in [7, 11) is 0. The van der Waals surface area contributed by atoms with Crippen LogP contribution in [-0.2, 0) is 0 Å². The lowest BCUT2D eigenvalue weighted by Gasteiger charge is -2.14. The Hall–Kier alpha value is -1.86. The highest BCUT2D eigenvalue weighted by Crippen LogP contribution is 2.29. The molecule has 2 rings (SSSR count). The van der Waals surface area contributed by atoms with E-state index in [2.05, 4.69) is 4.74 Å². The summed E-state index contributed by atoms with van der Waals surface area (Å²) in [5.41, 5.74) is 5.58. The molecule has 0 amide bonds. The number of hydrogen-bond donors (Lipinski definition) is 1. The summed E-state index contributed by atoms with van der Waals surface area (Å²) in [4.78, 5) is 12.8. The smallest absolute Gasteiger partial charge is 0.405 e. The van der Waals surface area contributed by atoms with E-state index >= 15 is 0 Å². The van der Waals surface area contributed by atoms with Gasteiger partial charge in [-0.15, -0.1) is 24.5 Å². The molecule has 0 aliphatic carbocycles. The molecule has 0 saturated carbocycles. The number of para-hydroxylation sites is 1. The Kier molecular flexibility index (Phi) is 4.10. The molecule has 0 aliphatic rings. The van der Waals surface area contributed by atoms with Gasteiger partial charge in [0.15, 0.2) is 5.78 Å². The van der Waals surface area contributed by atoms with Gasteiger partial charge in [-0.05, 0) is 23.6 Å². The highest BCUT2D eigenvalue weighted by molar-refractivity contribution is 7.10. The third kappa shape index (κ3) is 3.37. The van der Waals surface area contributed by atoms with E-state index in [1.807, 2.05) is 0 Å². The molecule has 1 aromatic carbocycles. The summed E-state index contributed by atoms with van der Waals surface area (Å²) in [5, 5.41) is 1.74. The van der Waals surface area contributed by atoms with Crippen LogP contribution in [0.25, 0.3) is 0 Å². The van der Waals surface area contributed by atoms with Gasteiger partial charge in [0, 0.05) is 4.88 Å². The number of alkyl halides is 3. The van der Waals surface area contributed by atoms with Gasteiger partial charge >= 0.3 is 6.36 Å². The molecule has 1 unspecified atom stereocenters. The Morgan fingerprint density at radius 2 is 1.90 bits per heavy atom. The average Bonchev–Trinajstić information content (AvgIpc) is 2.89. The number of nitrogens with two attached hydrogens (primary N) is 1.